The molecule has 0 radical (unpaired) electrons. The van der Waals surface area contributed by atoms with Gasteiger partial charge in [0.1, 0.15) is 0 Å². The fraction of sp³-hybridized carbons (Fsp3) is 0.571. The smallest absolute Gasteiger partial charge is 0.0638 e. The maximum Gasteiger partial charge on any atom is 0.0638 e. The number of halogens is 1. The van der Waals surface area contributed by atoms with Gasteiger partial charge in [-0.05, 0) is 57.7 Å². The lowest BCUT2D eigenvalue weighted by Crippen LogP contribution is -2.41. The Bertz CT molecular complexity index is 400. The van der Waals surface area contributed by atoms with E-state index in [-0.39, 0.29) is 0 Å². The van der Waals surface area contributed by atoms with E-state index in [1.165, 1.54) is 31.5 Å². The Morgan fingerprint density at radius 1 is 1.39 bits per heavy atom. The molecule has 0 amide bonds. The molecule has 0 atom stereocenters. The average Bonchev–Trinajstić information content (AvgIpc) is 2.34. The first-order valence-corrected chi connectivity index (χ1v) is 6.87. The molecule has 0 saturated carbocycles. The maximum atomic E-state index is 6.05. The van der Waals surface area contributed by atoms with Crippen LogP contribution in [0, 0.1) is 0 Å². The largest absolute Gasteiger partial charge is 0.398 e. The van der Waals surface area contributed by atoms with Crippen LogP contribution >= 0.6 is 11.6 Å². The highest BCUT2D eigenvalue weighted by atomic mass is 35.5. The van der Waals surface area contributed by atoms with Crippen LogP contribution < -0.4 is 5.73 Å². The number of piperidine rings is 1. The van der Waals surface area contributed by atoms with Crippen molar-refractivity contribution in [2.45, 2.75) is 25.4 Å². The van der Waals surface area contributed by atoms with Crippen LogP contribution in [-0.2, 0) is 6.54 Å². The van der Waals surface area contributed by atoms with Gasteiger partial charge >= 0.3 is 0 Å². The molecule has 1 aliphatic heterocycles. The summed E-state index contributed by atoms with van der Waals surface area (Å²) in [6.45, 7) is 3.32. The highest BCUT2D eigenvalue weighted by molar-refractivity contribution is 6.33. The molecule has 3 nitrogen and oxygen atoms in total. The van der Waals surface area contributed by atoms with E-state index in [2.05, 4.69) is 30.0 Å². The van der Waals surface area contributed by atoms with Crippen molar-refractivity contribution < 1.29 is 0 Å². The first-order valence-electron chi connectivity index (χ1n) is 6.49. The van der Waals surface area contributed by atoms with Crippen molar-refractivity contribution in [3.8, 4) is 0 Å². The number of nitrogen functional groups attached to an aromatic ring is 1. The van der Waals surface area contributed by atoms with Crippen molar-refractivity contribution in [3.05, 3.63) is 28.8 Å². The summed E-state index contributed by atoms with van der Waals surface area (Å²) in [6, 6.07) is 6.60. The quantitative estimate of drug-likeness (QED) is 0.854. The van der Waals surface area contributed by atoms with Crippen molar-refractivity contribution in [1.29, 1.82) is 0 Å². The molecule has 1 fully saturated rings. The monoisotopic (exact) mass is 267 g/mol. The number of nitrogens with zero attached hydrogens (tertiary/aromatic N) is 2. The maximum absolute atomic E-state index is 6.05. The number of anilines is 1. The van der Waals surface area contributed by atoms with Gasteiger partial charge in [0.15, 0.2) is 0 Å². The third-order valence-electron chi connectivity index (χ3n) is 3.81. The number of benzene rings is 1. The SMILES string of the molecule is CN1CCC(N(C)Cc2ccc(N)c(Cl)c2)CC1. The van der Waals surface area contributed by atoms with E-state index < -0.39 is 0 Å². The Morgan fingerprint density at radius 2 is 2.06 bits per heavy atom. The predicted octanol–water partition coefficient (Wildman–Crippen LogP) is 2.45. The molecule has 100 valence electrons. The molecular weight excluding hydrogens is 246 g/mol. The fourth-order valence-corrected chi connectivity index (χ4v) is 2.72. The second-order valence-corrected chi connectivity index (χ2v) is 5.71. The van der Waals surface area contributed by atoms with Gasteiger partial charge in [-0.15, -0.1) is 0 Å². The van der Waals surface area contributed by atoms with Gasteiger partial charge in [0, 0.05) is 12.6 Å². The summed E-state index contributed by atoms with van der Waals surface area (Å²) in [6.07, 6.45) is 2.49. The van der Waals surface area contributed by atoms with Crippen LogP contribution in [0.4, 0.5) is 5.69 Å². The topological polar surface area (TPSA) is 32.5 Å². The molecule has 18 heavy (non-hydrogen) atoms. The normalized spacial score (nSPS) is 18.4. The molecular formula is C14H22ClN3. The number of likely N-dealkylation sites (tertiary alicyclic amines) is 1. The van der Waals surface area contributed by atoms with Gasteiger partial charge in [-0.2, -0.15) is 0 Å². The first-order chi connectivity index (χ1) is 8.56. The van der Waals surface area contributed by atoms with Crippen LogP contribution in [0.2, 0.25) is 5.02 Å². The summed E-state index contributed by atoms with van der Waals surface area (Å²) >= 11 is 6.05. The third kappa shape index (κ3) is 3.37. The van der Waals surface area contributed by atoms with E-state index in [1.54, 1.807) is 0 Å². The summed E-state index contributed by atoms with van der Waals surface area (Å²) in [5.41, 5.74) is 7.61. The predicted molar refractivity (Wildman–Crippen MR) is 77.9 cm³/mol. The van der Waals surface area contributed by atoms with Crippen molar-refractivity contribution in [3.63, 3.8) is 0 Å². The molecule has 1 aromatic rings. The van der Waals surface area contributed by atoms with Crippen LogP contribution in [0.25, 0.3) is 0 Å². The van der Waals surface area contributed by atoms with E-state index in [0.717, 1.165) is 6.54 Å². The molecule has 0 aromatic heterocycles. The number of rotatable bonds is 3. The van der Waals surface area contributed by atoms with E-state index in [4.69, 9.17) is 17.3 Å². The lowest BCUT2D eigenvalue weighted by molar-refractivity contribution is 0.139. The second-order valence-electron chi connectivity index (χ2n) is 5.31. The Labute approximate surface area is 115 Å². The van der Waals surface area contributed by atoms with E-state index in [1.807, 2.05) is 12.1 Å². The van der Waals surface area contributed by atoms with E-state index in [0.29, 0.717) is 16.8 Å². The third-order valence-corrected chi connectivity index (χ3v) is 4.14. The number of hydrogen-bond donors (Lipinski definition) is 1. The van der Waals surface area contributed by atoms with Crippen LogP contribution in [-0.4, -0.2) is 43.0 Å². The molecule has 0 aliphatic carbocycles. The van der Waals surface area contributed by atoms with Gasteiger partial charge < -0.3 is 10.6 Å². The molecule has 1 heterocycles. The van der Waals surface area contributed by atoms with Gasteiger partial charge in [0.05, 0.1) is 10.7 Å². The zero-order valence-corrected chi connectivity index (χ0v) is 12.0. The fourth-order valence-electron chi connectivity index (χ4n) is 2.52. The molecule has 0 unspecified atom stereocenters. The molecule has 0 spiro atoms. The second kappa shape index (κ2) is 5.91. The summed E-state index contributed by atoms with van der Waals surface area (Å²) < 4.78 is 0. The standard InChI is InChI=1S/C14H22ClN3/c1-17-7-5-12(6-8-17)18(2)10-11-3-4-14(16)13(15)9-11/h3-4,9,12H,5-8,10,16H2,1-2H3. The number of nitrogens with two attached hydrogens (primary N) is 1. The van der Waals surface area contributed by atoms with Gasteiger partial charge in [0.25, 0.3) is 0 Å². The van der Waals surface area contributed by atoms with Crippen LogP contribution in [0.5, 0.6) is 0 Å². The summed E-state index contributed by atoms with van der Waals surface area (Å²) in [5.74, 6) is 0. The van der Waals surface area contributed by atoms with Gasteiger partial charge in [-0.3, -0.25) is 4.90 Å². The van der Waals surface area contributed by atoms with Crippen molar-refractivity contribution in [2.75, 3.05) is 32.9 Å². The van der Waals surface area contributed by atoms with Gasteiger partial charge in [-0.25, -0.2) is 0 Å². The van der Waals surface area contributed by atoms with Crippen molar-refractivity contribution in [2.24, 2.45) is 0 Å². The Balaban J connectivity index is 1.94. The molecule has 4 heteroatoms. The first kappa shape index (κ1) is 13.7. The van der Waals surface area contributed by atoms with E-state index >= 15 is 0 Å². The lowest BCUT2D eigenvalue weighted by Gasteiger charge is -2.35. The molecule has 1 aliphatic rings. The van der Waals surface area contributed by atoms with Crippen LogP contribution in [0.15, 0.2) is 18.2 Å². The van der Waals surface area contributed by atoms with Crippen molar-refractivity contribution >= 4 is 17.3 Å². The highest BCUT2D eigenvalue weighted by Gasteiger charge is 2.20. The molecule has 2 rings (SSSR count). The minimum atomic E-state index is 0.655. The van der Waals surface area contributed by atoms with Gasteiger partial charge in [0.2, 0.25) is 0 Å². The number of hydrogen-bond acceptors (Lipinski definition) is 3. The molecule has 2 N–H and O–H groups in total. The Hall–Kier alpha value is -0.770. The van der Waals surface area contributed by atoms with E-state index in [9.17, 15) is 0 Å². The zero-order chi connectivity index (χ0) is 13.1. The van der Waals surface area contributed by atoms with Gasteiger partial charge in [-0.1, -0.05) is 17.7 Å². The molecule has 1 saturated heterocycles. The van der Waals surface area contributed by atoms with Crippen LogP contribution in [0.3, 0.4) is 0 Å². The average molecular weight is 268 g/mol. The lowest BCUT2D eigenvalue weighted by atomic mass is 10.0. The highest BCUT2D eigenvalue weighted by Crippen LogP contribution is 2.22. The Morgan fingerprint density at radius 3 is 2.67 bits per heavy atom. The van der Waals surface area contributed by atoms with Crippen LogP contribution in [0.1, 0.15) is 18.4 Å². The summed E-state index contributed by atoms with van der Waals surface area (Å²) in [7, 11) is 4.39. The molecule has 0 bridgehead atoms. The Kier molecular flexibility index (Phi) is 4.49. The molecule has 1 aromatic carbocycles. The zero-order valence-electron chi connectivity index (χ0n) is 11.2. The minimum absolute atomic E-state index is 0.655. The summed E-state index contributed by atoms with van der Waals surface area (Å²) in [5, 5.41) is 0.657. The summed E-state index contributed by atoms with van der Waals surface area (Å²) in [4.78, 5) is 4.82. The van der Waals surface area contributed by atoms with Crippen molar-refractivity contribution in [1.82, 2.24) is 9.80 Å². The minimum Gasteiger partial charge on any atom is -0.398 e.